The molecule has 18 heavy (non-hydrogen) atoms. The van der Waals surface area contributed by atoms with Crippen LogP contribution in [0.4, 0.5) is 11.4 Å². The van der Waals surface area contributed by atoms with E-state index in [9.17, 15) is 4.79 Å². The number of anilines is 2. The molecule has 4 nitrogen and oxygen atoms in total. The molecule has 92 valence electrons. The van der Waals surface area contributed by atoms with Crippen molar-refractivity contribution >= 4 is 17.3 Å². The van der Waals surface area contributed by atoms with Gasteiger partial charge in [0.15, 0.2) is 0 Å². The molecule has 0 aliphatic carbocycles. The Morgan fingerprint density at radius 2 is 1.94 bits per heavy atom. The Kier molecular flexibility index (Phi) is 3.48. The predicted octanol–water partition coefficient (Wildman–Crippen LogP) is 2.53. The second-order valence-corrected chi connectivity index (χ2v) is 3.81. The van der Waals surface area contributed by atoms with E-state index in [1.807, 2.05) is 12.1 Å². The van der Waals surface area contributed by atoms with Crippen molar-refractivity contribution in [3.05, 3.63) is 54.1 Å². The van der Waals surface area contributed by atoms with Crippen LogP contribution >= 0.6 is 0 Å². The Hall–Kier alpha value is -2.49. The van der Waals surface area contributed by atoms with Gasteiger partial charge in [0.25, 0.3) is 5.91 Å². The van der Waals surface area contributed by atoms with Crippen LogP contribution in [-0.4, -0.2) is 13.0 Å². The molecule has 0 saturated heterocycles. The molecule has 0 fully saturated rings. The maximum atomic E-state index is 12.0. The van der Waals surface area contributed by atoms with Gasteiger partial charge < -0.3 is 15.8 Å². The van der Waals surface area contributed by atoms with Crippen LogP contribution in [-0.2, 0) is 0 Å². The SMILES string of the molecule is COc1cccc(NC(=O)c2cccc(N)c2)c1. The number of amides is 1. The maximum absolute atomic E-state index is 12.0. The first-order chi connectivity index (χ1) is 8.69. The normalized spacial score (nSPS) is 9.83. The highest BCUT2D eigenvalue weighted by Crippen LogP contribution is 2.17. The molecule has 0 radical (unpaired) electrons. The molecule has 0 saturated carbocycles. The van der Waals surface area contributed by atoms with Crippen LogP contribution in [0.15, 0.2) is 48.5 Å². The first kappa shape index (κ1) is 12.0. The summed E-state index contributed by atoms with van der Waals surface area (Å²) in [6.07, 6.45) is 0. The van der Waals surface area contributed by atoms with Gasteiger partial charge in [-0.15, -0.1) is 0 Å². The van der Waals surface area contributed by atoms with Gasteiger partial charge in [-0.25, -0.2) is 0 Å². The fourth-order valence-corrected chi connectivity index (χ4v) is 1.58. The van der Waals surface area contributed by atoms with E-state index in [2.05, 4.69) is 5.32 Å². The van der Waals surface area contributed by atoms with Crippen molar-refractivity contribution in [2.45, 2.75) is 0 Å². The highest BCUT2D eigenvalue weighted by molar-refractivity contribution is 6.04. The van der Waals surface area contributed by atoms with Crippen LogP contribution in [0.25, 0.3) is 0 Å². The number of benzene rings is 2. The number of carbonyl (C=O) groups excluding carboxylic acids is 1. The van der Waals surface area contributed by atoms with Crippen LogP contribution in [0.1, 0.15) is 10.4 Å². The van der Waals surface area contributed by atoms with Crippen LogP contribution in [0.5, 0.6) is 5.75 Å². The zero-order chi connectivity index (χ0) is 13.0. The second kappa shape index (κ2) is 5.23. The molecule has 0 unspecified atom stereocenters. The molecule has 0 spiro atoms. The van der Waals surface area contributed by atoms with Crippen molar-refractivity contribution in [1.29, 1.82) is 0 Å². The molecule has 1 amide bonds. The maximum Gasteiger partial charge on any atom is 0.255 e. The lowest BCUT2D eigenvalue weighted by atomic mass is 10.2. The molecule has 3 N–H and O–H groups in total. The summed E-state index contributed by atoms with van der Waals surface area (Å²) < 4.78 is 5.09. The molecule has 0 aliphatic heterocycles. The Morgan fingerprint density at radius 3 is 2.67 bits per heavy atom. The van der Waals surface area contributed by atoms with E-state index in [0.717, 1.165) is 0 Å². The summed E-state index contributed by atoms with van der Waals surface area (Å²) in [5.74, 6) is 0.496. The average Bonchev–Trinajstić information content (AvgIpc) is 2.39. The van der Waals surface area contributed by atoms with Crippen molar-refractivity contribution in [2.24, 2.45) is 0 Å². The van der Waals surface area contributed by atoms with Crippen LogP contribution < -0.4 is 15.8 Å². The first-order valence-electron chi connectivity index (χ1n) is 5.50. The predicted molar refractivity (Wildman–Crippen MR) is 71.8 cm³/mol. The molecule has 0 bridgehead atoms. The minimum atomic E-state index is -0.199. The third-order valence-electron chi connectivity index (χ3n) is 2.48. The molecule has 0 aliphatic rings. The van der Waals surface area contributed by atoms with Crippen LogP contribution in [0.2, 0.25) is 0 Å². The Labute approximate surface area is 105 Å². The standard InChI is InChI=1S/C14H14N2O2/c1-18-13-7-3-6-12(9-13)16-14(17)10-4-2-5-11(15)8-10/h2-9H,15H2,1H3,(H,16,17). The largest absolute Gasteiger partial charge is 0.497 e. The van der Waals surface area contributed by atoms with E-state index in [-0.39, 0.29) is 5.91 Å². The number of nitrogens with two attached hydrogens (primary N) is 1. The van der Waals surface area contributed by atoms with E-state index in [1.54, 1.807) is 43.5 Å². The van der Waals surface area contributed by atoms with Crippen LogP contribution in [0, 0.1) is 0 Å². The topological polar surface area (TPSA) is 64.3 Å². The summed E-state index contributed by atoms with van der Waals surface area (Å²) >= 11 is 0. The van der Waals surface area contributed by atoms with Gasteiger partial charge in [0, 0.05) is 23.0 Å². The number of nitrogen functional groups attached to an aromatic ring is 1. The molecular formula is C14H14N2O2. The number of ether oxygens (including phenoxy) is 1. The lowest BCUT2D eigenvalue weighted by Crippen LogP contribution is -2.12. The van der Waals surface area contributed by atoms with E-state index in [4.69, 9.17) is 10.5 Å². The Balaban J connectivity index is 2.16. The average molecular weight is 242 g/mol. The number of methoxy groups -OCH3 is 1. The Morgan fingerprint density at radius 1 is 1.17 bits per heavy atom. The van der Waals surface area contributed by atoms with Gasteiger partial charge in [-0.3, -0.25) is 4.79 Å². The summed E-state index contributed by atoms with van der Waals surface area (Å²) in [6, 6.07) is 14.0. The number of hydrogen-bond acceptors (Lipinski definition) is 3. The summed E-state index contributed by atoms with van der Waals surface area (Å²) in [7, 11) is 1.58. The zero-order valence-electron chi connectivity index (χ0n) is 10.0. The van der Waals surface area contributed by atoms with E-state index in [1.165, 1.54) is 0 Å². The fraction of sp³-hybridized carbons (Fsp3) is 0.0714. The molecule has 0 aromatic heterocycles. The van der Waals surface area contributed by atoms with Crippen molar-refractivity contribution in [2.75, 3.05) is 18.2 Å². The third-order valence-corrected chi connectivity index (χ3v) is 2.48. The van der Waals surface area contributed by atoms with Crippen molar-refractivity contribution in [3.8, 4) is 5.75 Å². The van der Waals surface area contributed by atoms with E-state index < -0.39 is 0 Å². The molecule has 4 heteroatoms. The van der Waals surface area contributed by atoms with Crippen LogP contribution in [0.3, 0.4) is 0 Å². The number of carbonyl (C=O) groups is 1. The van der Waals surface area contributed by atoms with E-state index >= 15 is 0 Å². The number of hydrogen-bond donors (Lipinski definition) is 2. The lowest BCUT2D eigenvalue weighted by Gasteiger charge is -2.07. The number of nitrogens with one attached hydrogen (secondary N) is 1. The summed E-state index contributed by atoms with van der Waals surface area (Å²) in [6.45, 7) is 0. The highest BCUT2D eigenvalue weighted by Gasteiger charge is 2.06. The molecule has 0 atom stereocenters. The van der Waals surface area contributed by atoms with Gasteiger partial charge in [0.05, 0.1) is 7.11 Å². The smallest absolute Gasteiger partial charge is 0.255 e. The van der Waals surface area contributed by atoms with Gasteiger partial charge in [-0.05, 0) is 30.3 Å². The summed E-state index contributed by atoms with van der Waals surface area (Å²) in [5.41, 5.74) is 7.41. The lowest BCUT2D eigenvalue weighted by molar-refractivity contribution is 0.102. The monoisotopic (exact) mass is 242 g/mol. The Bertz CT molecular complexity index is 567. The molecule has 2 aromatic rings. The fourth-order valence-electron chi connectivity index (χ4n) is 1.58. The molecule has 0 heterocycles. The van der Waals surface area contributed by atoms with Gasteiger partial charge in [-0.2, -0.15) is 0 Å². The second-order valence-electron chi connectivity index (χ2n) is 3.81. The molecule has 2 aromatic carbocycles. The van der Waals surface area contributed by atoms with Gasteiger partial charge >= 0.3 is 0 Å². The summed E-state index contributed by atoms with van der Waals surface area (Å²) in [5, 5.41) is 2.79. The molecule has 2 rings (SSSR count). The van der Waals surface area contributed by atoms with Crippen molar-refractivity contribution in [1.82, 2.24) is 0 Å². The van der Waals surface area contributed by atoms with Crippen molar-refractivity contribution in [3.63, 3.8) is 0 Å². The van der Waals surface area contributed by atoms with E-state index in [0.29, 0.717) is 22.7 Å². The third kappa shape index (κ3) is 2.79. The van der Waals surface area contributed by atoms with Gasteiger partial charge in [0.1, 0.15) is 5.75 Å². The quantitative estimate of drug-likeness (QED) is 0.813. The minimum absolute atomic E-state index is 0.199. The molecular weight excluding hydrogens is 228 g/mol. The minimum Gasteiger partial charge on any atom is -0.497 e. The van der Waals surface area contributed by atoms with Gasteiger partial charge in [-0.1, -0.05) is 12.1 Å². The summed E-state index contributed by atoms with van der Waals surface area (Å²) in [4.78, 5) is 12.0. The zero-order valence-corrected chi connectivity index (χ0v) is 10.0. The van der Waals surface area contributed by atoms with Crippen molar-refractivity contribution < 1.29 is 9.53 Å². The number of rotatable bonds is 3. The first-order valence-corrected chi connectivity index (χ1v) is 5.50. The van der Waals surface area contributed by atoms with Gasteiger partial charge in [0.2, 0.25) is 0 Å². The highest BCUT2D eigenvalue weighted by atomic mass is 16.5.